The zero-order chi connectivity index (χ0) is 13.9. The Hall–Kier alpha value is -2.29. The van der Waals surface area contributed by atoms with Crippen LogP contribution in [0.1, 0.15) is 25.3 Å². The summed E-state index contributed by atoms with van der Waals surface area (Å²) in [6.07, 6.45) is 0.848. The fraction of sp³-hybridized carbons (Fsp3) is 0.235. The molecule has 0 N–H and O–H groups in total. The molecule has 2 aromatic carbocycles. The summed E-state index contributed by atoms with van der Waals surface area (Å²) < 4.78 is 8.19. The molecule has 3 aromatic rings. The first-order valence-electron chi connectivity index (χ1n) is 6.92. The number of aromatic nitrogens is 2. The van der Waals surface area contributed by atoms with Gasteiger partial charge >= 0.3 is 0 Å². The van der Waals surface area contributed by atoms with Crippen LogP contribution in [0.25, 0.3) is 11.0 Å². The van der Waals surface area contributed by atoms with Crippen molar-refractivity contribution in [2.45, 2.75) is 19.4 Å². The first-order chi connectivity index (χ1) is 9.79. The lowest BCUT2D eigenvalue weighted by Crippen LogP contribution is -2.12. The van der Waals surface area contributed by atoms with Crippen molar-refractivity contribution < 1.29 is 4.74 Å². The lowest BCUT2D eigenvalue weighted by molar-refractivity contribution is 0.188. The zero-order valence-corrected chi connectivity index (χ0v) is 11.8. The molecule has 0 aliphatic carbocycles. The summed E-state index contributed by atoms with van der Waals surface area (Å²) in [4.78, 5) is 4.72. The van der Waals surface area contributed by atoms with E-state index in [9.17, 15) is 0 Å². The Balaban J connectivity index is 1.97. The Morgan fingerprint density at radius 3 is 2.45 bits per heavy atom. The van der Waals surface area contributed by atoms with E-state index in [2.05, 4.69) is 17.6 Å². The van der Waals surface area contributed by atoms with Gasteiger partial charge in [0.1, 0.15) is 5.75 Å². The molecule has 102 valence electrons. The molecular weight excluding hydrogens is 248 g/mol. The van der Waals surface area contributed by atoms with E-state index >= 15 is 0 Å². The van der Waals surface area contributed by atoms with Gasteiger partial charge in [-0.2, -0.15) is 0 Å². The number of para-hydroxylation sites is 3. The quantitative estimate of drug-likeness (QED) is 0.710. The lowest BCUT2D eigenvalue weighted by atomic mass is 10.2. The third-order valence-corrected chi connectivity index (χ3v) is 3.50. The maximum Gasteiger partial charge on any atom is 0.156 e. The molecule has 3 rings (SSSR count). The number of imidazole rings is 1. The minimum absolute atomic E-state index is 0.0326. The lowest BCUT2D eigenvalue weighted by Gasteiger charge is -2.17. The number of fused-ring (bicyclic) bond motifs is 1. The van der Waals surface area contributed by atoms with E-state index in [1.54, 1.807) is 0 Å². The van der Waals surface area contributed by atoms with Gasteiger partial charge in [-0.25, -0.2) is 4.98 Å². The monoisotopic (exact) mass is 266 g/mol. The molecule has 0 amide bonds. The minimum Gasteiger partial charge on any atom is -0.483 e. The smallest absolute Gasteiger partial charge is 0.156 e. The van der Waals surface area contributed by atoms with E-state index in [0.29, 0.717) is 0 Å². The predicted octanol–water partition coefficient (Wildman–Crippen LogP) is 4.10. The Morgan fingerprint density at radius 2 is 1.75 bits per heavy atom. The van der Waals surface area contributed by atoms with Gasteiger partial charge in [0.15, 0.2) is 11.9 Å². The number of ether oxygens (including phenoxy) is 1. The molecule has 0 fully saturated rings. The molecule has 20 heavy (non-hydrogen) atoms. The minimum atomic E-state index is -0.0326. The summed E-state index contributed by atoms with van der Waals surface area (Å²) in [6.45, 7) is 2.12. The Kier molecular flexibility index (Phi) is 3.42. The first-order valence-corrected chi connectivity index (χ1v) is 6.92. The summed E-state index contributed by atoms with van der Waals surface area (Å²) >= 11 is 0. The summed E-state index contributed by atoms with van der Waals surface area (Å²) in [6, 6.07) is 18.1. The van der Waals surface area contributed by atoms with E-state index in [4.69, 9.17) is 9.72 Å². The molecule has 0 saturated carbocycles. The van der Waals surface area contributed by atoms with Crippen LogP contribution in [0.3, 0.4) is 0 Å². The Labute approximate surface area is 118 Å². The van der Waals surface area contributed by atoms with E-state index in [1.807, 2.05) is 55.6 Å². The predicted molar refractivity (Wildman–Crippen MR) is 80.8 cm³/mol. The van der Waals surface area contributed by atoms with Crippen molar-refractivity contribution in [2.75, 3.05) is 0 Å². The van der Waals surface area contributed by atoms with Crippen LogP contribution in [0.2, 0.25) is 0 Å². The molecular formula is C17H18N2O. The van der Waals surface area contributed by atoms with Crippen LogP contribution < -0.4 is 4.74 Å². The van der Waals surface area contributed by atoms with E-state index in [0.717, 1.165) is 29.0 Å². The second-order valence-electron chi connectivity index (χ2n) is 4.85. The molecule has 0 aliphatic heterocycles. The van der Waals surface area contributed by atoms with Gasteiger partial charge in [0.25, 0.3) is 0 Å². The fourth-order valence-electron chi connectivity index (χ4n) is 2.43. The SMILES string of the molecule is CCC(Oc1ccccc1)c1nc2ccccc2n1C. The molecule has 1 unspecified atom stereocenters. The molecule has 0 radical (unpaired) electrons. The molecule has 0 aliphatic rings. The van der Waals surface area contributed by atoms with Crippen LogP contribution in [-0.4, -0.2) is 9.55 Å². The highest BCUT2D eigenvalue weighted by Crippen LogP contribution is 2.26. The van der Waals surface area contributed by atoms with Gasteiger partial charge in [-0.15, -0.1) is 0 Å². The molecule has 3 heteroatoms. The normalized spacial score (nSPS) is 12.5. The third kappa shape index (κ3) is 2.27. The molecule has 0 saturated heterocycles. The topological polar surface area (TPSA) is 27.1 Å². The fourth-order valence-corrected chi connectivity index (χ4v) is 2.43. The van der Waals surface area contributed by atoms with Gasteiger partial charge in [-0.3, -0.25) is 0 Å². The van der Waals surface area contributed by atoms with Crippen LogP contribution in [0.5, 0.6) is 5.75 Å². The third-order valence-electron chi connectivity index (χ3n) is 3.50. The maximum absolute atomic E-state index is 6.08. The highest BCUT2D eigenvalue weighted by molar-refractivity contribution is 5.75. The molecule has 3 nitrogen and oxygen atoms in total. The average Bonchev–Trinajstić information content (AvgIpc) is 2.83. The summed E-state index contributed by atoms with van der Waals surface area (Å²) in [5.41, 5.74) is 2.15. The van der Waals surface area contributed by atoms with Crippen LogP contribution in [0.4, 0.5) is 0 Å². The van der Waals surface area contributed by atoms with Crippen LogP contribution in [0, 0.1) is 0 Å². The van der Waals surface area contributed by atoms with Crippen molar-refractivity contribution in [2.24, 2.45) is 7.05 Å². The van der Waals surface area contributed by atoms with Crippen molar-refractivity contribution in [3.8, 4) is 5.75 Å². The number of hydrogen-bond donors (Lipinski definition) is 0. The summed E-state index contributed by atoms with van der Waals surface area (Å²) in [5, 5.41) is 0. The van der Waals surface area contributed by atoms with Crippen molar-refractivity contribution in [1.29, 1.82) is 0 Å². The second kappa shape index (κ2) is 5.37. The largest absolute Gasteiger partial charge is 0.483 e. The average molecular weight is 266 g/mol. The van der Waals surface area contributed by atoms with E-state index in [-0.39, 0.29) is 6.10 Å². The van der Waals surface area contributed by atoms with Crippen molar-refractivity contribution >= 4 is 11.0 Å². The number of rotatable bonds is 4. The van der Waals surface area contributed by atoms with Crippen LogP contribution >= 0.6 is 0 Å². The Bertz CT molecular complexity index is 703. The molecule has 0 spiro atoms. The van der Waals surface area contributed by atoms with Crippen molar-refractivity contribution in [1.82, 2.24) is 9.55 Å². The van der Waals surface area contributed by atoms with E-state index in [1.165, 1.54) is 0 Å². The van der Waals surface area contributed by atoms with Gasteiger partial charge < -0.3 is 9.30 Å². The van der Waals surface area contributed by atoms with Crippen molar-refractivity contribution in [3.05, 3.63) is 60.4 Å². The van der Waals surface area contributed by atoms with E-state index < -0.39 is 0 Å². The van der Waals surface area contributed by atoms with Gasteiger partial charge in [-0.05, 0) is 30.7 Å². The first kappa shape index (κ1) is 12.7. The van der Waals surface area contributed by atoms with Gasteiger partial charge in [0, 0.05) is 7.05 Å². The highest BCUT2D eigenvalue weighted by atomic mass is 16.5. The standard InChI is InChI=1S/C17H18N2O/c1-3-16(20-13-9-5-4-6-10-13)17-18-14-11-7-8-12-15(14)19(17)2/h4-12,16H,3H2,1-2H3. The Morgan fingerprint density at radius 1 is 1.05 bits per heavy atom. The molecule has 1 heterocycles. The summed E-state index contributed by atoms with van der Waals surface area (Å²) in [7, 11) is 2.04. The summed E-state index contributed by atoms with van der Waals surface area (Å²) in [5.74, 6) is 1.85. The van der Waals surface area contributed by atoms with Crippen LogP contribution in [-0.2, 0) is 7.05 Å². The van der Waals surface area contributed by atoms with Gasteiger partial charge in [0.2, 0.25) is 0 Å². The van der Waals surface area contributed by atoms with Gasteiger partial charge in [0.05, 0.1) is 11.0 Å². The number of aryl methyl sites for hydroxylation is 1. The molecule has 1 aromatic heterocycles. The number of hydrogen-bond acceptors (Lipinski definition) is 2. The van der Waals surface area contributed by atoms with Gasteiger partial charge in [-0.1, -0.05) is 37.3 Å². The second-order valence-corrected chi connectivity index (χ2v) is 4.85. The number of nitrogens with zero attached hydrogens (tertiary/aromatic N) is 2. The number of benzene rings is 2. The molecule has 1 atom stereocenters. The highest BCUT2D eigenvalue weighted by Gasteiger charge is 2.18. The molecule has 0 bridgehead atoms. The maximum atomic E-state index is 6.08. The van der Waals surface area contributed by atoms with Crippen LogP contribution in [0.15, 0.2) is 54.6 Å². The van der Waals surface area contributed by atoms with Crippen molar-refractivity contribution in [3.63, 3.8) is 0 Å². The zero-order valence-electron chi connectivity index (χ0n) is 11.8.